The molecular formula is C10H17Cl. The predicted octanol–water partition coefficient (Wildman–Crippen LogP) is 3.44. The van der Waals surface area contributed by atoms with Gasteiger partial charge < -0.3 is 0 Å². The summed E-state index contributed by atoms with van der Waals surface area (Å²) in [5.41, 5.74) is 0.929. The maximum atomic E-state index is 6.33. The van der Waals surface area contributed by atoms with Gasteiger partial charge in [-0.15, -0.1) is 11.6 Å². The second kappa shape index (κ2) is 1.96. The van der Waals surface area contributed by atoms with Crippen molar-refractivity contribution in [2.75, 3.05) is 0 Å². The molecule has 0 saturated heterocycles. The Morgan fingerprint density at radius 1 is 1.27 bits per heavy atom. The maximum absolute atomic E-state index is 6.33. The van der Waals surface area contributed by atoms with Crippen molar-refractivity contribution in [3.05, 3.63) is 0 Å². The fourth-order valence-electron chi connectivity index (χ4n) is 3.11. The number of fused-ring (bicyclic) bond motifs is 2. The average Bonchev–Trinajstić information content (AvgIpc) is 2.20. The lowest BCUT2D eigenvalue weighted by atomic mass is 9.71. The van der Waals surface area contributed by atoms with Gasteiger partial charge >= 0.3 is 0 Å². The summed E-state index contributed by atoms with van der Waals surface area (Å²) in [6.07, 6.45) is 4.01. The van der Waals surface area contributed by atoms with E-state index in [2.05, 4.69) is 20.8 Å². The molecule has 2 unspecified atom stereocenters. The van der Waals surface area contributed by atoms with Crippen molar-refractivity contribution in [1.29, 1.82) is 0 Å². The zero-order valence-electron chi connectivity index (χ0n) is 7.65. The van der Waals surface area contributed by atoms with E-state index in [0.29, 0.717) is 16.2 Å². The molecule has 11 heavy (non-hydrogen) atoms. The first-order valence-electron chi connectivity index (χ1n) is 4.62. The fourth-order valence-corrected chi connectivity index (χ4v) is 3.71. The normalized spacial score (nSPS) is 53.5. The Labute approximate surface area is 74.3 Å². The van der Waals surface area contributed by atoms with E-state index in [0.717, 1.165) is 5.92 Å². The summed E-state index contributed by atoms with van der Waals surface area (Å²) in [6, 6.07) is 0. The molecule has 2 aliphatic carbocycles. The molecule has 2 aliphatic rings. The second-order valence-corrected chi connectivity index (χ2v) is 5.60. The highest BCUT2D eigenvalue weighted by Crippen LogP contribution is 2.66. The summed E-state index contributed by atoms with van der Waals surface area (Å²) in [6.45, 7) is 7.16. The number of halogens is 1. The molecule has 0 aliphatic heterocycles. The minimum absolute atomic E-state index is 0.430. The molecule has 0 amide bonds. The summed E-state index contributed by atoms with van der Waals surface area (Å²) in [4.78, 5) is 0. The first-order chi connectivity index (χ1) is 4.98. The van der Waals surface area contributed by atoms with Gasteiger partial charge in [-0.3, -0.25) is 0 Å². The van der Waals surface area contributed by atoms with E-state index in [1.165, 1.54) is 19.3 Å². The minimum atomic E-state index is 0.430. The molecule has 1 heteroatoms. The van der Waals surface area contributed by atoms with E-state index in [1.54, 1.807) is 0 Å². The van der Waals surface area contributed by atoms with E-state index < -0.39 is 0 Å². The Balaban J connectivity index is 2.40. The predicted molar refractivity (Wildman–Crippen MR) is 48.9 cm³/mol. The van der Waals surface area contributed by atoms with Crippen LogP contribution in [0.1, 0.15) is 40.0 Å². The molecule has 2 fully saturated rings. The maximum Gasteiger partial charge on any atom is 0.0397 e. The van der Waals surface area contributed by atoms with Gasteiger partial charge in [-0.2, -0.15) is 0 Å². The van der Waals surface area contributed by atoms with Crippen LogP contribution in [0.5, 0.6) is 0 Å². The van der Waals surface area contributed by atoms with E-state index in [1.807, 2.05) is 0 Å². The molecule has 0 spiro atoms. The van der Waals surface area contributed by atoms with Gasteiger partial charge in [-0.05, 0) is 36.0 Å². The molecule has 0 radical (unpaired) electrons. The molecule has 2 saturated carbocycles. The van der Waals surface area contributed by atoms with Gasteiger partial charge in [0.25, 0.3) is 0 Å². The molecule has 3 atom stereocenters. The zero-order chi connectivity index (χ0) is 8.28. The van der Waals surface area contributed by atoms with Crippen molar-refractivity contribution in [3.8, 4) is 0 Å². The lowest BCUT2D eigenvalue weighted by molar-refractivity contribution is 0.155. The Kier molecular flexibility index (Phi) is 1.41. The third-order valence-electron chi connectivity index (χ3n) is 4.69. The van der Waals surface area contributed by atoms with Crippen molar-refractivity contribution >= 4 is 11.6 Å². The van der Waals surface area contributed by atoms with E-state index in [-0.39, 0.29) is 0 Å². The molecule has 0 aromatic heterocycles. The Morgan fingerprint density at radius 3 is 2.09 bits per heavy atom. The van der Waals surface area contributed by atoms with Gasteiger partial charge in [0, 0.05) is 5.38 Å². The van der Waals surface area contributed by atoms with Gasteiger partial charge in [0.1, 0.15) is 0 Å². The molecule has 0 heterocycles. The number of alkyl halides is 1. The molecule has 0 nitrogen and oxygen atoms in total. The fraction of sp³-hybridized carbons (Fsp3) is 1.00. The molecule has 0 N–H and O–H groups in total. The van der Waals surface area contributed by atoms with Crippen molar-refractivity contribution in [2.45, 2.75) is 45.4 Å². The van der Waals surface area contributed by atoms with Crippen molar-refractivity contribution < 1.29 is 0 Å². The number of hydrogen-bond acceptors (Lipinski definition) is 0. The largest absolute Gasteiger partial charge is 0.122 e. The van der Waals surface area contributed by atoms with Crippen LogP contribution in [0, 0.1) is 16.7 Å². The summed E-state index contributed by atoms with van der Waals surface area (Å²) in [5, 5.41) is 0.441. The highest BCUT2D eigenvalue weighted by molar-refractivity contribution is 6.21. The second-order valence-electron chi connectivity index (χ2n) is 5.08. The van der Waals surface area contributed by atoms with Gasteiger partial charge in [0.05, 0.1) is 0 Å². The lowest BCUT2D eigenvalue weighted by Gasteiger charge is -2.36. The smallest absolute Gasteiger partial charge is 0.0397 e. The van der Waals surface area contributed by atoms with E-state index in [9.17, 15) is 0 Å². The molecule has 2 bridgehead atoms. The lowest BCUT2D eigenvalue weighted by Crippen LogP contribution is -2.32. The molecule has 2 rings (SSSR count). The topological polar surface area (TPSA) is 0 Å². The average molecular weight is 173 g/mol. The van der Waals surface area contributed by atoms with Crippen LogP contribution >= 0.6 is 11.6 Å². The van der Waals surface area contributed by atoms with Crippen LogP contribution in [0.4, 0.5) is 0 Å². The molecule has 0 aromatic carbocycles. The SMILES string of the molecule is CC1(C)C2CC[C@]1(C)C(Cl)C2. The van der Waals surface area contributed by atoms with Crippen LogP contribution in [0.2, 0.25) is 0 Å². The van der Waals surface area contributed by atoms with E-state index >= 15 is 0 Å². The monoisotopic (exact) mass is 172 g/mol. The summed E-state index contributed by atoms with van der Waals surface area (Å²) in [5.74, 6) is 0.898. The molecular weight excluding hydrogens is 156 g/mol. The number of rotatable bonds is 0. The first kappa shape index (κ1) is 7.91. The van der Waals surface area contributed by atoms with Crippen molar-refractivity contribution in [1.82, 2.24) is 0 Å². The summed E-state index contributed by atoms with van der Waals surface area (Å²) in [7, 11) is 0. The van der Waals surface area contributed by atoms with Gasteiger partial charge in [-0.1, -0.05) is 20.8 Å². The molecule has 0 aromatic rings. The third-order valence-corrected chi connectivity index (χ3v) is 5.35. The third kappa shape index (κ3) is 0.722. The summed E-state index contributed by atoms with van der Waals surface area (Å²) >= 11 is 6.33. The summed E-state index contributed by atoms with van der Waals surface area (Å²) < 4.78 is 0. The van der Waals surface area contributed by atoms with Crippen LogP contribution < -0.4 is 0 Å². The standard InChI is InChI=1S/C10H17Cl/c1-9(2)7-4-5-10(9,3)8(11)6-7/h7-8H,4-6H2,1-3H3/t7?,8?,10-/m1/s1. The van der Waals surface area contributed by atoms with Gasteiger partial charge in [0.15, 0.2) is 0 Å². The first-order valence-corrected chi connectivity index (χ1v) is 5.06. The van der Waals surface area contributed by atoms with Crippen molar-refractivity contribution in [3.63, 3.8) is 0 Å². The highest BCUT2D eigenvalue weighted by Gasteiger charge is 2.60. The van der Waals surface area contributed by atoms with E-state index in [4.69, 9.17) is 11.6 Å². The highest BCUT2D eigenvalue weighted by atomic mass is 35.5. The molecule has 64 valence electrons. The van der Waals surface area contributed by atoms with Crippen LogP contribution in [0.25, 0.3) is 0 Å². The van der Waals surface area contributed by atoms with Crippen LogP contribution in [-0.4, -0.2) is 5.38 Å². The Bertz CT molecular complexity index is 185. The van der Waals surface area contributed by atoms with Gasteiger partial charge in [-0.25, -0.2) is 0 Å². The van der Waals surface area contributed by atoms with Crippen molar-refractivity contribution in [2.24, 2.45) is 16.7 Å². The quantitative estimate of drug-likeness (QED) is 0.491. The number of hydrogen-bond donors (Lipinski definition) is 0. The zero-order valence-corrected chi connectivity index (χ0v) is 8.41. The minimum Gasteiger partial charge on any atom is -0.122 e. The van der Waals surface area contributed by atoms with Gasteiger partial charge in [0.2, 0.25) is 0 Å². The van der Waals surface area contributed by atoms with Crippen LogP contribution in [0.3, 0.4) is 0 Å². The van der Waals surface area contributed by atoms with Crippen LogP contribution in [-0.2, 0) is 0 Å². The Hall–Kier alpha value is 0.290. The van der Waals surface area contributed by atoms with Crippen LogP contribution in [0.15, 0.2) is 0 Å². The Morgan fingerprint density at radius 2 is 1.91 bits per heavy atom.